The van der Waals surface area contributed by atoms with Gasteiger partial charge in [0.15, 0.2) is 0 Å². The highest BCUT2D eigenvalue weighted by atomic mass is 14.8. The molecule has 0 aromatic rings. The molecule has 1 N–H and O–H groups in total. The van der Waals surface area contributed by atoms with Gasteiger partial charge in [-0.1, -0.05) is 70.6 Å². The average molecular weight is 225 g/mol. The summed E-state index contributed by atoms with van der Waals surface area (Å²) in [5, 5.41) is 3.57. The lowest BCUT2D eigenvalue weighted by Gasteiger charge is -2.07. The summed E-state index contributed by atoms with van der Waals surface area (Å²) in [6, 6.07) is 0. The van der Waals surface area contributed by atoms with Crippen molar-refractivity contribution in [3.05, 3.63) is 0 Å². The van der Waals surface area contributed by atoms with Crippen molar-refractivity contribution >= 4 is 0 Å². The third-order valence-corrected chi connectivity index (χ3v) is 3.71. The summed E-state index contributed by atoms with van der Waals surface area (Å²) in [5.41, 5.74) is 0. The highest BCUT2D eigenvalue weighted by Crippen LogP contribution is 2.12. The van der Waals surface area contributed by atoms with Crippen molar-refractivity contribution in [2.24, 2.45) is 0 Å². The van der Waals surface area contributed by atoms with E-state index in [4.69, 9.17) is 0 Å². The Morgan fingerprint density at radius 1 is 0.312 bits per heavy atom. The molecule has 0 spiro atoms. The van der Waals surface area contributed by atoms with Gasteiger partial charge in [0, 0.05) is 0 Å². The molecule has 1 heteroatoms. The standard InChI is InChI=1S/C15H31N/c1-2-4-6-8-10-12-14-16-15-13-11-9-7-5-3-1/h16H,1-15H2. The molecule has 0 aliphatic carbocycles. The van der Waals surface area contributed by atoms with E-state index in [-0.39, 0.29) is 0 Å². The highest BCUT2D eigenvalue weighted by Gasteiger charge is 1.95. The van der Waals surface area contributed by atoms with Crippen LogP contribution in [0.1, 0.15) is 83.5 Å². The van der Waals surface area contributed by atoms with Gasteiger partial charge in [0.05, 0.1) is 0 Å². The van der Waals surface area contributed by atoms with Crippen LogP contribution in [-0.4, -0.2) is 13.1 Å². The molecule has 0 unspecified atom stereocenters. The maximum Gasteiger partial charge on any atom is -0.00489 e. The molecule has 1 fully saturated rings. The molecule has 0 saturated carbocycles. The zero-order valence-corrected chi connectivity index (χ0v) is 11.1. The Hall–Kier alpha value is -0.0400. The number of hydrogen-bond acceptors (Lipinski definition) is 1. The van der Waals surface area contributed by atoms with Crippen LogP contribution in [0.15, 0.2) is 0 Å². The molecule has 0 aromatic carbocycles. The molecule has 0 bridgehead atoms. The van der Waals surface area contributed by atoms with E-state index in [9.17, 15) is 0 Å². The van der Waals surface area contributed by atoms with E-state index in [1.54, 1.807) is 0 Å². The van der Waals surface area contributed by atoms with Gasteiger partial charge >= 0.3 is 0 Å². The topological polar surface area (TPSA) is 12.0 Å². The quantitative estimate of drug-likeness (QED) is 0.632. The van der Waals surface area contributed by atoms with Gasteiger partial charge in [-0.3, -0.25) is 0 Å². The highest BCUT2D eigenvalue weighted by molar-refractivity contribution is 4.53. The van der Waals surface area contributed by atoms with Gasteiger partial charge in [-0.2, -0.15) is 0 Å². The van der Waals surface area contributed by atoms with E-state index >= 15 is 0 Å². The minimum Gasteiger partial charge on any atom is -0.317 e. The van der Waals surface area contributed by atoms with Crippen molar-refractivity contribution in [1.29, 1.82) is 0 Å². The van der Waals surface area contributed by atoms with Crippen molar-refractivity contribution in [2.45, 2.75) is 83.5 Å². The van der Waals surface area contributed by atoms with Crippen molar-refractivity contribution in [3.63, 3.8) is 0 Å². The maximum absolute atomic E-state index is 3.57. The minimum atomic E-state index is 1.25. The van der Waals surface area contributed by atoms with Crippen LogP contribution in [-0.2, 0) is 0 Å². The van der Waals surface area contributed by atoms with Crippen LogP contribution in [0.25, 0.3) is 0 Å². The molecule has 0 radical (unpaired) electrons. The summed E-state index contributed by atoms with van der Waals surface area (Å²) < 4.78 is 0. The maximum atomic E-state index is 3.57. The van der Waals surface area contributed by atoms with Crippen LogP contribution < -0.4 is 5.32 Å². The first-order chi connectivity index (χ1) is 8.00. The van der Waals surface area contributed by atoms with Crippen molar-refractivity contribution in [1.82, 2.24) is 5.32 Å². The predicted molar refractivity (Wildman–Crippen MR) is 72.9 cm³/mol. The second-order valence-corrected chi connectivity index (χ2v) is 5.35. The lowest BCUT2D eigenvalue weighted by molar-refractivity contribution is 0.510. The van der Waals surface area contributed by atoms with E-state index in [1.165, 1.54) is 96.6 Å². The van der Waals surface area contributed by atoms with E-state index in [2.05, 4.69) is 5.32 Å². The Morgan fingerprint density at radius 3 is 0.875 bits per heavy atom. The number of rotatable bonds is 0. The lowest BCUT2D eigenvalue weighted by Crippen LogP contribution is -2.16. The second-order valence-electron chi connectivity index (χ2n) is 5.35. The first-order valence-electron chi connectivity index (χ1n) is 7.71. The summed E-state index contributed by atoms with van der Waals surface area (Å²) in [7, 11) is 0. The molecule has 1 heterocycles. The number of hydrogen-bond donors (Lipinski definition) is 1. The van der Waals surface area contributed by atoms with Crippen LogP contribution in [0, 0.1) is 0 Å². The Labute approximate surface area is 102 Å². The first-order valence-corrected chi connectivity index (χ1v) is 7.71. The molecule has 0 atom stereocenters. The van der Waals surface area contributed by atoms with Crippen LogP contribution >= 0.6 is 0 Å². The molecule has 0 amide bonds. The van der Waals surface area contributed by atoms with E-state index < -0.39 is 0 Å². The molecular formula is C15H31N. The summed E-state index contributed by atoms with van der Waals surface area (Å²) >= 11 is 0. The largest absolute Gasteiger partial charge is 0.317 e. The Bertz CT molecular complexity index is 69.4. The summed E-state index contributed by atoms with van der Waals surface area (Å²) in [5.74, 6) is 0. The molecular weight excluding hydrogens is 194 g/mol. The normalized spacial score (nSPS) is 24.0. The van der Waals surface area contributed by atoms with Crippen LogP contribution in [0.3, 0.4) is 0 Å². The summed E-state index contributed by atoms with van der Waals surface area (Å²) in [6.45, 7) is 2.50. The smallest absolute Gasteiger partial charge is 0.00489 e. The first kappa shape index (κ1) is 14.0. The van der Waals surface area contributed by atoms with E-state index in [1.807, 2.05) is 0 Å². The van der Waals surface area contributed by atoms with Gasteiger partial charge < -0.3 is 5.32 Å². The fraction of sp³-hybridized carbons (Fsp3) is 1.00. The fourth-order valence-electron chi connectivity index (χ4n) is 2.57. The van der Waals surface area contributed by atoms with Gasteiger partial charge in [0.2, 0.25) is 0 Å². The predicted octanol–water partition coefficient (Wildman–Crippen LogP) is 4.66. The van der Waals surface area contributed by atoms with Gasteiger partial charge in [0.1, 0.15) is 0 Å². The zero-order valence-electron chi connectivity index (χ0n) is 11.1. The molecule has 1 nitrogen and oxygen atoms in total. The van der Waals surface area contributed by atoms with Gasteiger partial charge in [0.25, 0.3) is 0 Å². The van der Waals surface area contributed by atoms with Gasteiger partial charge in [-0.15, -0.1) is 0 Å². The monoisotopic (exact) mass is 225 g/mol. The van der Waals surface area contributed by atoms with E-state index in [0.29, 0.717) is 0 Å². The molecule has 96 valence electrons. The summed E-state index contributed by atoms with van der Waals surface area (Å²) in [6.07, 6.45) is 18.9. The van der Waals surface area contributed by atoms with E-state index in [0.717, 1.165) is 0 Å². The molecule has 16 heavy (non-hydrogen) atoms. The van der Waals surface area contributed by atoms with Crippen molar-refractivity contribution in [2.75, 3.05) is 13.1 Å². The molecule has 1 rings (SSSR count). The SMILES string of the molecule is C1CCCCCCCNCCCCCCC1. The Kier molecular flexibility index (Phi) is 10.0. The minimum absolute atomic E-state index is 1.25. The van der Waals surface area contributed by atoms with Gasteiger partial charge in [-0.05, 0) is 25.9 Å². The third kappa shape index (κ3) is 9.21. The van der Waals surface area contributed by atoms with Crippen LogP contribution in [0.2, 0.25) is 0 Å². The van der Waals surface area contributed by atoms with Crippen molar-refractivity contribution < 1.29 is 0 Å². The fourth-order valence-corrected chi connectivity index (χ4v) is 2.57. The third-order valence-electron chi connectivity index (χ3n) is 3.71. The Morgan fingerprint density at radius 2 is 0.562 bits per heavy atom. The van der Waals surface area contributed by atoms with Crippen LogP contribution in [0.4, 0.5) is 0 Å². The zero-order chi connectivity index (χ0) is 11.3. The second kappa shape index (κ2) is 11.4. The number of nitrogens with one attached hydrogen (secondary N) is 1. The van der Waals surface area contributed by atoms with Gasteiger partial charge in [-0.25, -0.2) is 0 Å². The van der Waals surface area contributed by atoms with Crippen LogP contribution in [0.5, 0.6) is 0 Å². The van der Waals surface area contributed by atoms with Crippen molar-refractivity contribution in [3.8, 4) is 0 Å². The Balaban J connectivity index is 2.00. The summed E-state index contributed by atoms with van der Waals surface area (Å²) in [4.78, 5) is 0. The molecule has 0 aromatic heterocycles. The lowest BCUT2D eigenvalue weighted by atomic mass is 10.0. The molecule has 1 aliphatic rings. The molecule has 1 saturated heterocycles. The molecule has 1 aliphatic heterocycles. The average Bonchev–Trinajstić information content (AvgIpc) is 2.29.